The Balaban J connectivity index is 1.67. The van der Waals surface area contributed by atoms with Crippen LogP contribution in [0.1, 0.15) is 31.2 Å². The standard InChI is InChI=1S/C18H21N/c1-2-19-18-12-17(13-18)16-10-8-15(9-11-16)14-6-4-3-5-7-14/h3-11,17-19H,2,12-13H2,1H3. The van der Waals surface area contributed by atoms with Gasteiger partial charge in [-0.25, -0.2) is 0 Å². The molecular formula is C18H21N. The second-order valence-electron chi connectivity index (χ2n) is 5.41. The first-order valence-corrected chi connectivity index (χ1v) is 7.25. The smallest absolute Gasteiger partial charge is 0.00786 e. The SMILES string of the molecule is CCNC1CC(c2ccc(-c3ccccc3)cc2)C1. The van der Waals surface area contributed by atoms with E-state index in [1.54, 1.807) is 0 Å². The largest absolute Gasteiger partial charge is 0.314 e. The quantitative estimate of drug-likeness (QED) is 0.858. The summed E-state index contributed by atoms with van der Waals surface area (Å²) in [5, 5.41) is 3.52. The van der Waals surface area contributed by atoms with Crippen molar-refractivity contribution in [2.75, 3.05) is 6.54 Å². The van der Waals surface area contributed by atoms with Crippen molar-refractivity contribution in [3.05, 3.63) is 60.2 Å². The fourth-order valence-electron chi connectivity index (χ4n) is 2.92. The summed E-state index contributed by atoms with van der Waals surface area (Å²) in [6.45, 7) is 3.27. The summed E-state index contributed by atoms with van der Waals surface area (Å²) >= 11 is 0. The highest BCUT2D eigenvalue weighted by molar-refractivity contribution is 5.63. The lowest BCUT2D eigenvalue weighted by atomic mass is 9.75. The van der Waals surface area contributed by atoms with Gasteiger partial charge in [-0.1, -0.05) is 61.5 Å². The van der Waals surface area contributed by atoms with E-state index in [2.05, 4.69) is 66.8 Å². The summed E-state index contributed by atoms with van der Waals surface area (Å²) in [6, 6.07) is 20.4. The first-order chi connectivity index (χ1) is 9.36. The van der Waals surface area contributed by atoms with Gasteiger partial charge < -0.3 is 5.32 Å². The minimum Gasteiger partial charge on any atom is -0.314 e. The minimum absolute atomic E-state index is 0.740. The Morgan fingerprint density at radius 2 is 1.53 bits per heavy atom. The number of rotatable bonds is 4. The molecule has 0 heterocycles. The molecule has 2 aromatic carbocycles. The van der Waals surface area contributed by atoms with E-state index < -0.39 is 0 Å². The topological polar surface area (TPSA) is 12.0 Å². The Hall–Kier alpha value is -1.60. The Morgan fingerprint density at radius 3 is 2.16 bits per heavy atom. The van der Waals surface area contributed by atoms with Crippen molar-refractivity contribution in [2.24, 2.45) is 0 Å². The molecule has 0 unspecified atom stereocenters. The maximum atomic E-state index is 3.52. The van der Waals surface area contributed by atoms with Crippen LogP contribution in [-0.2, 0) is 0 Å². The fraction of sp³-hybridized carbons (Fsp3) is 0.333. The third-order valence-electron chi connectivity index (χ3n) is 4.12. The minimum atomic E-state index is 0.740. The van der Waals surface area contributed by atoms with Crippen LogP contribution in [0, 0.1) is 0 Å². The van der Waals surface area contributed by atoms with Crippen LogP contribution < -0.4 is 5.32 Å². The Labute approximate surface area is 115 Å². The number of hydrogen-bond donors (Lipinski definition) is 1. The maximum absolute atomic E-state index is 3.52. The van der Waals surface area contributed by atoms with Crippen molar-refractivity contribution < 1.29 is 0 Å². The van der Waals surface area contributed by atoms with Crippen LogP contribution in [0.25, 0.3) is 11.1 Å². The van der Waals surface area contributed by atoms with E-state index in [0.29, 0.717) is 0 Å². The molecule has 0 aliphatic heterocycles. The Kier molecular flexibility index (Phi) is 3.65. The predicted molar refractivity (Wildman–Crippen MR) is 81.3 cm³/mol. The molecule has 1 N–H and O–H groups in total. The van der Waals surface area contributed by atoms with Gasteiger partial charge in [-0.15, -0.1) is 0 Å². The number of benzene rings is 2. The zero-order valence-corrected chi connectivity index (χ0v) is 11.5. The van der Waals surface area contributed by atoms with Gasteiger partial charge in [0.1, 0.15) is 0 Å². The second kappa shape index (κ2) is 5.58. The van der Waals surface area contributed by atoms with Gasteiger partial charge in [0.25, 0.3) is 0 Å². The van der Waals surface area contributed by atoms with Gasteiger partial charge >= 0.3 is 0 Å². The van der Waals surface area contributed by atoms with Gasteiger partial charge in [-0.05, 0) is 42.0 Å². The van der Waals surface area contributed by atoms with Crippen molar-refractivity contribution in [2.45, 2.75) is 31.7 Å². The zero-order chi connectivity index (χ0) is 13.1. The molecule has 1 aliphatic rings. The zero-order valence-electron chi connectivity index (χ0n) is 11.5. The lowest BCUT2D eigenvalue weighted by Gasteiger charge is -2.36. The molecule has 1 heteroatoms. The number of nitrogens with one attached hydrogen (secondary N) is 1. The highest BCUT2D eigenvalue weighted by atomic mass is 14.9. The van der Waals surface area contributed by atoms with Crippen LogP contribution in [0.4, 0.5) is 0 Å². The van der Waals surface area contributed by atoms with E-state index in [1.807, 2.05) is 0 Å². The molecular weight excluding hydrogens is 230 g/mol. The molecule has 0 atom stereocenters. The number of hydrogen-bond acceptors (Lipinski definition) is 1. The van der Waals surface area contributed by atoms with Gasteiger partial charge in [0.15, 0.2) is 0 Å². The second-order valence-corrected chi connectivity index (χ2v) is 5.41. The molecule has 0 spiro atoms. The van der Waals surface area contributed by atoms with Crippen LogP contribution in [0.3, 0.4) is 0 Å². The Bertz CT molecular complexity index is 509. The molecule has 1 aliphatic carbocycles. The predicted octanol–water partition coefficient (Wildman–Crippen LogP) is 4.21. The van der Waals surface area contributed by atoms with Gasteiger partial charge in [0, 0.05) is 6.04 Å². The van der Waals surface area contributed by atoms with Crippen molar-refractivity contribution in [3.63, 3.8) is 0 Å². The van der Waals surface area contributed by atoms with Crippen LogP contribution in [0.2, 0.25) is 0 Å². The molecule has 0 amide bonds. The molecule has 0 bridgehead atoms. The molecule has 2 aromatic rings. The molecule has 1 nitrogen and oxygen atoms in total. The van der Waals surface area contributed by atoms with Crippen LogP contribution in [-0.4, -0.2) is 12.6 Å². The van der Waals surface area contributed by atoms with Crippen LogP contribution >= 0.6 is 0 Å². The maximum Gasteiger partial charge on any atom is 0.00786 e. The van der Waals surface area contributed by atoms with Gasteiger partial charge in [0.05, 0.1) is 0 Å². The molecule has 1 fully saturated rings. The average molecular weight is 251 g/mol. The van der Waals surface area contributed by atoms with Gasteiger partial charge in [-0.3, -0.25) is 0 Å². The average Bonchev–Trinajstić information content (AvgIpc) is 2.44. The fourth-order valence-corrected chi connectivity index (χ4v) is 2.92. The van der Waals surface area contributed by atoms with Crippen molar-refractivity contribution >= 4 is 0 Å². The lowest BCUT2D eigenvalue weighted by Crippen LogP contribution is -2.39. The van der Waals surface area contributed by atoms with Crippen molar-refractivity contribution in [3.8, 4) is 11.1 Å². The molecule has 0 saturated heterocycles. The molecule has 0 radical (unpaired) electrons. The highest BCUT2D eigenvalue weighted by Crippen LogP contribution is 2.37. The summed E-state index contributed by atoms with van der Waals surface area (Å²) in [5.74, 6) is 0.758. The third kappa shape index (κ3) is 2.71. The first-order valence-electron chi connectivity index (χ1n) is 7.25. The molecule has 0 aromatic heterocycles. The van der Waals surface area contributed by atoms with Crippen molar-refractivity contribution in [1.82, 2.24) is 5.32 Å². The van der Waals surface area contributed by atoms with E-state index >= 15 is 0 Å². The normalized spacial score (nSPS) is 21.9. The molecule has 19 heavy (non-hydrogen) atoms. The molecule has 1 saturated carbocycles. The highest BCUT2D eigenvalue weighted by Gasteiger charge is 2.29. The Morgan fingerprint density at radius 1 is 0.895 bits per heavy atom. The summed E-state index contributed by atoms with van der Waals surface area (Å²) in [4.78, 5) is 0. The monoisotopic (exact) mass is 251 g/mol. The molecule has 98 valence electrons. The summed E-state index contributed by atoms with van der Waals surface area (Å²) in [7, 11) is 0. The van der Waals surface area contributed by atoms with E-state index in [-0.39, 0.29) is 0 Å². The van der Waals surface area contributed by atoms with Crippen LogP contribution in [0.5, 0.6) is 0 Å². The van der Waals surface area contributed by atoms with E-state index in [4.69, 9.17) is 0 Å². The summed E-state index contributed by atoms with van der Waals surface area (Å²) in [5.41, 5.74) is 4.11. The van der Waals surface area contributed by atoms with Crippen molar-refractivity contribution in [1.29, 1.82) is 0 Å². The third-order valence-corrected chi connectivity index (χ3v) is 4.12. The van der Waals surface area contributed by atoms with E-state index in [9.17, 15) is 0 Å². The van der Waals surface area contributed by atoms with Gasteiger partial charge in [-0.2, -0.15) is 0 Å². The van der Waals surface area contributed by atoms with Crippen LogP contribution in [0.15, 0.2) is 54.6 Å². The first kappa shape index (κ1) is 12.4. The van der Waals surface area contributed by atoms with E-state index in [1.165, 1.54) is 29.5 Å². The van der Waals surface area contributed by atoms with Gasteiger partial charge in [0.2, 0.25) is 0 Å². The van der Waals surface area contributed by atoms with E-state index in [0.717, 1.165) is 18.5 Å². The molecule has 3 rings (SSSR count). The lowest BCUT2D eigenvalue weighted by molar-refractivity contribution is 0.296. The summed E-state index contributed by atoms with van der Waals surface area (Å²) < 4.78 is 0. The summed E-state index contributed by atoms with van der Waals surface area (Å²) in [6.07, 6.45) is 2.58.